The van der Waals surface area contributed by atoms with E-state index in [1.54, 1.807) is 4.90 Å². The maximum atomic E-state index is 12.7. The third-order valence-electron chi connectivity index (χ3n) is 4.09. The van der Waals surface area contributed by atoms with Gasteiger partial charge in [-0.1, -0.05) is 48.0 Å². The molecule has 1 amide bonds. The van der Waals surface area contributed by atoms with Crippen molar-refractivity contribution in [2.45, 2.75) is 18.8 Å². The van der Waals surface area contributed by atoms with Gasteiger partial charge in [-0.25, -0.2) is 0 Å². The van der Waals surface area contributed by atoms with E-state index in [-0.39, 0.29) is 5.91 Å². The van der Waals surface area contributed by atoms with Gasteiger partial charge in [0.05, 0.1) is 5.41 Å². The Kier molecular flexibility index (Phi) is 3.06. The summed E-state index contributed by atoms with van der Waals surface area (Å²) in [6.07, 6.45) is 0.700. The van der Waals surface area contributed by atoms with Gasteiger partial charge in [0.25, 0.3) is 0 Å². The van der Waals surface area contributed by atoms with Gasteiger partial charge in [-0.15, -0.1) is 0 Å². The fraction of sp³-hybridized carbons (Fsp3) is 0.235. The fourth-order valence-corrected chi connectivity index (χ4v) is 3.18. The molecule has 20 heavy (non-hydrogen) atoms. The molecule has 0 N–H and O–H groups in total. The third-order valence-corrected chi connectivity index (χ3v) is 4.33. The molecule has 0 aromatic heterocycles. The Morgan fingerprint density at radius 1 is 1.15 bits per heavy atom. The predicted octanol–water partition coefficient (Wildman–Crippen LogP) is 3.82. The molecular weight excluding hydrogens is 270 g/mol. The molecule has 2 aromatic carbocycles. The highest BCUT2D eigenvalue weighted by atomic mass is 35.5. The van der Waals surface area contributed by atoms with Crippen LogP contribution in [0.4, 0.5) is 5.69 Å². The van der Waals surface area contributed by atoms with Gasteiger partial charge in [-0.05, 0) is 36.6 Å². The van der Waals surface area contributed by atoms with Crippen molar-refractivity contribution in [3.63, 3.8) is 0 Å². The van der Waals surface area contributed by atoms with E-state index in [2.05, 4.69) is 12.1 Å². The molecule has 0 bridgehead atoms. The number of fused-ring (bicyclic) bond motifs is 1. The minimum absolute atomic E-state index is 0.124. The lowest BCUT2D eigenvalue weighted by Gasteiger charge is -2.23. The molecule has 1 unspecified atom stereocenters. The minimum atomic E-state index is -0.518. The molecule has 0 aliphatic carbocycles. The van der Waals surface area contributed by atoms with Gasteiger partial charge in [-0.2, -0.15) is 0 Å². The van der Waals surface area contributed by atoms with Crippen LogP contribution in [0.2, 0.25) is 5.02 Å². The summed E-state index contributed by atoms with van der Waals surface area (Å²) < 4.78 is 0. The molecule has 0 fully saturated rings. The van der Waals surface area contributed by atoms with Crippen molar-refractivity contribution in [3.8, 4) is 0 Å². The number of carbonyl (C=O) groups is 1. The van der Waals surface area contributed by atoms with Crippen molar-refractivity contribution in [2.24, 2.45) is 0 Å². The number of likely N-dealkylation sites (N-methyl/N-ethyl adjacent to an activating group) is 1. The van der Waals surface area contributed by atoms with Gasteiger partial charge in [0, 0.05) is 17.8 Å². The Bertz CT molecular complexity index is 668. The maximum Gasteiger partial charge on any atom is 0.237 e. The number of hydrogen-bond donors (Lipinski definition) is 0. The van der Waals surface area contributed by atoms with Crippen molar-refractivity contribution < 1.29 is 4.79 Å². The molecule has 0 radical (unpaired) electrons. The van der Waals surface area contributed by atoms with E-state index in [1.165, 1.54) is 5.56 Å². The van der Waals surface area contributed by atoms with Gasteiger partial charge in [0.2, 0.25) is 5.91 Å². The quantitative estimate of drug-likeness (QED) is 0.821. The number of halogens is 1. The van der Waals surface area contributed by atoms with Gasteiger partial charge >= 0.3 is 0 Å². The zero-order chi connectivity index (χ0) is 14.3. The Morgan fingerprint density at radius 3 is 2.55 bits per heavy atom. The first-order valence-electron chi connectivity index (χ1n) is 6.64. The van der Waals surface area contributed by atoms with Crippen molar-refractivity contribution in [1.29, 1.82) is 0 Å². The second-order valence-electron chi connectivity index (χ2n) is 5.52. The molecular formula is C17H16ClNO. The summed E-state index contributed by atoms with van der Waals surface area (Å²) in [6.45, 7) is 2.01. The van der Waals surface area contributed by atoms with Gasteiger partial charge in [0.1, 0.15) is 0 Å². The molecule has 0 saturated carbocycles. The average Bonchev–Trinajstić information content (AvgIpc) is 2.62. The summed E-state index contributed by atoms with van der Waals surface area (Å²) in [4.78, 5) is 14.4. The average molecular weight is 286 g/mol. The Morgan fingerprint density at radius 2 is 1.85 bits per heavy atom. The second kappa shape index (κ2) is 4.64. The van der Waals surface area contributed by atoms with Gasteiger partial charge in [0.15, 0.2) is 0 Å². The number of carbonyl (C=O) groups excluding carboxylic acids is 1. The van der Waals surface area contributed by atoms with Crippen molar-refractivity contribution in [1.82, 2.24) is 0 Å². The number of anilines is 1. The first kappa shape index (κ1) is 13.2. The van der Waals surface area contributed by atoms with Crippen LogP contribution in [0.1, 0.15) is 18.1 Å². The lowest BCUT2D eigenvalue weighted by Crippen LogP contribution is -2.37. The second-order valence-corrected chi connectivity index (χ2v) is 5.96. The van der Waals surface area contributed by atoms with Crippen LogP contribution in [0.3, 0.4) is 0 Å². The van der Waals surface area contributed by atoms with Crippen LogP contribution in [0, 0.1) is 0 Å². The molecule has 1 aliphatic heterocycles. The molecule has 3 heteroatoms. The summed E-state index contributed by atoms with van der Waals surface area (Å²) in [5.41, 5.74) is 2.62. The molecule has 102 valence electrons. The first-order valence-corrected chi connectivity index (χ1v) is 7.02. The van der Waals surface area contributed by atoms with E-state index in [4.69, 9.17) is 11.6 Å². The number of hydrogen-bond acceptors (Lipinski definition) is 1. The van der Waals surface area contributed by atoms with Crippen molar-refractivity contribution >= 4 is 23.2 Å². The molecule has 2 aromatic rings. The largest absolute Gasteiger partial charge is 0.314 e. The van der Waals surface area contributed by atoms with E-state index in [9.17, 15) is 4.79 Å². The van der Waals surface area contributed by atoms with Crippen molar-refractivity contribution in [2.75, 3.05) is 11.9 Å². The smallest absolute Gasteiger partial charge is 0.237 e. The minimum Gasteiger partial charge on any atom is -0.314 e. The van der Waals surface area contributed by atoms with Crippen LogP contribution in [0.15, 0.2) is 48.5 Å². The van der Waals surface area contributed by atoms with Crippen LogP contribution >= 0.6 is 11.6 Å². The van der Waals surface area contributed by atoms with Crippen LogP contribution in [0.25, 0.3) is 0 Å². The van der Waals surface area contributed by atoms with E-state index in [1.807, 2.05) is 50.4 Å². The zero-order valence-electron chi connectivity index (χ0n) is 11.6. The molecule has 2 nitrogen and oxygen atoms in total. The number of amides is 1. The molecule has 0 spiro atoms. The molecule has 1 aliphatic rings. The number of benzene rings is 2. The number of nitrogens with zero attached hydrogens (tertiary/aromatic N) is 1. The topological polar surface area (TPSA) is 20.3 Å². The normalized spacial score (nSPS) is 21.1. The van der Waals surface area contributed by atoms with Crippen LogP contribution < -0.4 is 4.90 Å². The van der Waals surface area contributed by atoms with Gasteiger partial charge in [-0.3, -0.25) is 4.79 Å². The molecule has 3 rings (SSSR count). The highest BCUT2D eigenvalue weighted by Gasteiger charge is 2.45. The lowest BCUT2D eigenvalue weighted by molar-refractivity contribution is -0.122. The monoisotopic (exact) mass is 285 g/mol. The van der Waals surface area contributed by atoms with Gasteiger partial charge < -0.3 is 4.90 Å². The molecule has 1 atom stereocenters. The van der Waals surface area contributed by atoms with Crippen molar-refractivity contribution in [3.05, 3.63) is 64.7 Å². The van der Waals surface area contributed by atoms with Crippen LogP contribution in [-0.2, 0) is 16.6 Å². The Balaban J connectivity index is 2.08. The maximum absolute atomic E-state index is 12.7. The first-order chi connectivity index (χ1) is 9.52. The molecule has 0 saturated heterocycles. The predicted molar refractivity (Wildman–Crippen MR) is 82.4 cm³/mol. The highest BCUT2D eigenvalue weighted by molar-refractivity contribution is 6.31. The lowest BCUT2D eigenvalue weighted by atomic mass is 9.78. The SMILES string of the molecule is CN1C(=O)C(C)(Cc2ccccc2)c2ccc(Cl)cc21. The highest BCUT2D eigenvalue weighted by Crippen LogP contribution is 2.44. The van der Waals surface area contributed by atoms with Crippen LogP contribution in [-0.4, -0.2) is 13.0 Å². The fourth-order valence-electron chi connectivity index (χ4n) is 3.02. The summed E-state index contributed by atoms with van der Waals surface area (Å²) in [7, 11) is 1.81. The van der Waals surface area contributed by atoms with E-state index < -0.39 is 5.41 Å². The standard InChI is InChI=1S/C17H16ClNO/c1-17(11-12-6-4-3-5-7-12)14-9-8-13(18)10-15(14)19(2)16(17)20/h3-10H,11H2,1-2H3. The van der Waals surface area contributed by atoms with Crippen LogP contribution in [0.5, 0.6) is 0 Å². The summed E-state index contributed by atoms with van der Waals surface area (Å²) >= 11 is 6.05. The molecule has 1 heterocycles. The third kappa shape index (κ3) is 1.92. The number of rotatable bonds is 2. The van der Waals surface area contributed by atoms with E-state index in [0.29, 0.717) is 11.4 Å². The Labute approximate surface area is 124 Å². The summed E-state index contributed by atoms with van der Waals surface area (Å²) in [6, 6.07) is 15.8. The van der Waals surface area contributed by atoms with E-state index in [0.717, 1.165) is 11.3 Å². The summed E-state index contributed by atoms with van der Waals surface area (Å²) in [5, 5.41) is 0.660. The van der Waals surface area contributed by atoms with E-state index >= 15 is 0 Å². The Hall–Kier alpha value is -1.80. The zero-order valence-corrected chi connectivity index (χ0v) is 12.3. The summed E-state index contributed by atoms with van der Waals surface area (Å²) in [5.74, 6) is 0.124.